The fraction of sp³-hybridized carbons (Fsp3) is 0.391. The smallest absolute Gasteiger partial charge is 0.266 e. The Balaban J connectivity index is 1.72. The van der Waals surface area contributed by atoms with E-state index in [1.54, 1.807) is 36.9 Å². The topological polar surface area (TPSA) is 106 Å². The highest BCUT2D eigenvalue weighted by molar-refractivity contribution is 6.42. The number of anilines is 1. The number of rotatable bonds is 5. The molecule has 32 heavy (non-hydrogen) atoms. The van der Waals surface area contributed by atoms with Crippen LogP contribution in [0.5, 0.6) is 0 Å². The number of hydrogen-bond donors (Lipinski definition) is 2. The predicted molar refractivity (Wildman–Crippen MR) is 124 cm³/mol. The number of nitriles is 1. The van der Waals surface area contributed by atoms with Gasteiger partial charge in [-0.15, -0.1) is 0 Å². The second kappa shape index (κ2) is 10.2. The number of H-pyrrole nitrogens is 1. The summed E-state index contributed by atoms with van der Waals surface area (Å²) in [6.45, 7) is 3.98. The highest BCUT2D eigenvalue weighted by atomic mass is 35.5. The van der Waals surface area contributed by atoms with Crippen LogP contribution < -0.4 is 10.9 Å². The summed E-state index contributed by atoms with van der Waals surface area (Å²) >= 11 is 12.0. The van der Waals surface area contributed by atoms with Crippen molar-refractivity contribution in [2.45, 2.75) is 52.0 Å². The van der Waals surface area contributed by atoms with Crippen LogP contribution >= 0.6 is 23.2 Å². The number of aromatic amines is 1. The molecular formula is C23H24Cl2N4O3. The van der Waals surface area contributed by atoms with Crippen LogP contribution in [0.2, 0.25) is 10.0 Å². The number of carbonyl (C=O) groups is 2. The van der Waals surface area contributed by atoms with Gasteiger partial charge in [0.15, 0.2) is 0 Å². The third-order valence-corrected chi connectivity index (χ3v) is 6.56. The van der Waals surface area contributed by atoms with E-state index in [1.165, 1.54) is 0 Å². The lowest BCUT2D eigenvalue weighted by Gasteiger charge is -2.35. The molecule has 0 bridgehead atoms. The number of benzene rings is 1. The Hall–Kier alpha value is -2.82. The van der Waals surface area contributed by atoms with Crippen LogP contribution in [0.25, 0.3) is 0 Å². The maximum absolute atomic E-state index is 13.1. The minimum absolute atomic E-state index is 0.0647. The number of hydrogen-bond acceptors (Lipinski definition) is 4. The summed E-state index contributed by atoms with van der Waals surface area (Å²) in [7, 11) is 0. The Bertz CT molecular complexity index is 1150. The molecule has 168 valence electrons. The summed E-state index contributed by atoms with van der Waals surface area (Å²) in [4.78, 5) is 42.2. The van der Waals surface area contributed by atoms with Crippen molar-refractivity contribution in [3.05, 3.63) is 61.0 Å². The van der Waals surface area contributed by atoms with Crippen LogP contribution in [0, 0.1) is 25.2 Å². The number of halogens is 2. The van der Waals surface area contributed by atoms with E-state index >= 15 is 0 Å². The van der Waals surface area contributed by atoms with Gasteiger partial charge in [-0.25, -0.2) is 0 Å². The monoisotopic (exact) mass is 474 g/mol. The molecule has 0 aliphatic carbocycles. The average molecular weight is 475 g/mol. The van der Waals surface area contributed by atoms with Gasteiger partial charge < -0.3 is 15.2 Å². The van der Waals surface area contributed by atoms with Crippen molar-refractivity contribution in [2.24, 2.45) is 0 Å². The molecule has 2 N–H and O–H groups in total. The van der Waals surface area contributed by atoms with Gasteiger partial charge in [-0.1, -0.05) is 23.2 Å². The Morgan fingerprint density at radius 3 is 2.69 bits per heavy atom. The number of aryl methyl sites for hydroxylation is 1. The molecule has 0 radical (unpaired) electrons. The highest BCUT2D eigenvalue weighted by Crippen LogP contribution is 2.26. The van der Waals surface area contributed by atoms with Gasteiger partial charge >= 0.3 is 0 Å². The zero-order chi connectivity index (χ0) is 23.4. The standard InChI is InChI=1S/C23H24Cl2N4O3/c1-13-16(14(2)27-22(31)17(13)12-26)7-9-21(30)29-10-4-3-5-20(29)23(32)28-15-6-8-18(24)19(25)11-15/h6,8,11,20H,3-5,7,9-10H2,1-2H3,(H,27,31)(H,28,32). The van der Waals surface area contributed by atoms with Crippen molar-refractivity contribution in [3.8, 4) is 6.07 Å². The van der Waals surface area contributed by atoms with Crippen LogP contribution in [0.3, 0.4) is 0 Å². The molecular weight excluding hydrogens is 451 g/mol. The zero-order valence-corrected chi connectivity index (χ0v) is 19.4. The number of aromatic nitrogens is 1. The maximum Gasteiger partial charge on any atom is 0.266 e. The average Bonchev–Trinajstić information content (AvgIpc) is 2.76. The Labute approximate surface area is 196 Å². The van der Waals surface area contributed by atoms with E-state index in [2.05, 4.69) is 10.3 Å². The van der Waals surface area contributed by atoms with Crippen LogP contribution in [-0.2, 0) is 16.0 Å². The van der Waals surface area contributed by atoms with Gasteiger partial charge in [-0.3, -0.25) is 14.4 Å². The molecule has 1 atom stereocenters. The zero-order valence-electron chi connectivity index (χ0n) is 17.9. The van der Waals surface area contributed by atoms with E-state index in [1.807, 2.05) is 6.07 Å². The Morgan fingerprint density at radius 2 is 2.00 bits per heavy atom. The second-order valence-electron chi connectivity index (χ2n) is 7.89. The SMILES string of the molecule is Cc1[nH]c(=O)c(C#N)c(C)c1CCC(=O)N1CCCCC1C(=O)Nc1ccc(Cl)c(Cl)c1. The lowest BCUT2D eigenvalue weighted by molar-refractivity contribution is -0.140. The molecule has 1 unspecified atom stereocenters. The fourth-order valence-electron chi connectivity index (χ4n) is 4.10. The number of piperidine rings is 1. The maximum atomic E-state index is 13.1. The summed E-state index contributed by atoms with van der Waals surface area (Å²) < 4.78 is 0. The summed E-state index contributed by atoms with van der Waals surface area (Å²) in [5.74, 6) is -0.401. The van der Waals surface area contributed by atoms with Gasteiger partial charge in [-0.05, 0) is 68.9 Å². The first-order valence-corrected chi connectivity index (χ1v) is 11.2. The number of pyridine rings is 1. The predicted octanol–water partition coefficient (Wildman–Crippen LogP) is 4.12. The molecule has 7 nitrogen and oxygen atoms in total. The molecule has 1 aromatic heterocycles. The molecule has 1 aliphatic heterocycles. The quantitative estimate of drug-likeness (QED) is 0.679. The van der Waals surface area contributed by atoms with Crippen molar-refractivity contribution in [1.29, 1.82) is 5.26 Å². The van der Waals surface area contributed by atoms with Crippen LogP contribution in [-0.4, -0.2) is 34.3 Å². The second-order valence-corrected chi connectivity index (χ2v) is 8.70. The first-order chi connectivity index (χ1) is 15.2. The minimum atomic E-state index is -0.571. The Kier molecular flexibility index (Phi) is 7.60. The van der Waals surface area contributed by atoms with Gasteiger partial charge in [0, 0.05) is 24.3 Å². The van der Waals surface area contributed by atoms with Crippen molar-refractivity contribution in [3.63, 3.8) is 0 Å². The number of amides is 2. The largest absolute Gasteiger partial charge is 0.331 e. The van der Waals surface area contributed by atoms with E-state index in [0.717, 1.165) is 18.4 Å². The third kappa shape index (κ3) is 5.14. The van der Waals surface area contributed by atoms with Gasteiger partial charge in [0.25, 0.3) is 5.56 Å². The van der Waals surface area contributed by atoms with E-state index in [4.69, 9.17) is 23.2 Å². The molecule has 1 saturated heterocycles. The molecule has 2 amide bonds. The number of nitrogens with one attached hydrogen (secondary N) is 2. The van der Waals surface area contributed by atoms with Crippen LogP contribution in [0.4, 0.5) is 5.69 Å². The summed E-state index contributed by atoms with van der Waals surface area (Å²) in [5.41, 5.74) is 2.18. The van der Waals surface area contributed by atoms with Crippen molar-refractivity contribution >= 4 is 40.7 Å². The molecule has 9 heteroatoms. The minimum Gasteiger partial charge on any atom is -0.331 e. The molecule has 1 fully saturated rings. The van der Waals surface area contributed by atoms with Gasteiger partial charge in [0.1, 0.15) is 17.7 Å². The molecule has 1 aromatic carbocycles. The van der Waals surface area contributed by atoms with E-state index in [-0.39, 0.29) is 23.8 Å². The highest BCUT2D eigenvalue weighted by Gasteiger charge is 2.32. The fourth-order valence-corrected chi connectivity index (χ4v) is 4.40. The molecule has 2 aromatic rings. The summed E-state index contributed by atoms with van der Waals surface area (Å²) in [5, 5.41) is 12.8. The van der Waals surface area contributed by atoms with Crippen molar-refractivity contribution in [1.82, 2.24) is 9.88 Å². The van der Waals surface area contributed by atoms with Crippen LogP contribution in [0.15, 0.2) is 23.0 Å². The molecule has 1 aliphatic rings. The lowest BCUT2D eigenvalue weighted by atomic mass is 9.97. The first kappa shape index (κ1) is 23.8. The van der Waals surface area contributed by atoms with Gasteiger partial charge in [0.2, 0.25) is 11.8 Å². The normalized spacial score (nSPS) is 15.8. The van der Waals surface area contributed by atoms with Crippen LogP contribution in [0.1, 0.15) is 48.1 Å². The first-order valence-electron chi connectivity index (χ1n) is 10.4. The number of nitrogens with zero attached hydrogens (tertiary/aromatic N) is 2. The third-order valence-electron chi connectivity index (χ3n) is 5.82. The number of carbonyl (C=O) groups excluding carboxylic acids is 2. The van der Waals surface area contributed by atoms with E-state index < -0.39 is 11.6 Å². The summed E-state index contributed by atoms with van der Waals surface area (Å²) in [6, 6.07) is 6.20. The van der Waals surface area contributed by atoms with Crippen molar-refractivity contribution < 1.29 is 9.59 Å². The van der Waals surface area contributed by atoms with Gasteiger partial charge in [-0.2, -0.15) is 5.26 Å². The Morgan fingerprint density at radius 1 is 1.25 bits per heavy atom. The molecule has 0 spiro atoms. The van der Waals surface area contributed by atoms with E-state index in [9.17, 15) is 19.6 Å². The number of likely N-dealkylation sites (tertiary alicyclic amines) is 1. The van der Waals surface area contributed by atoms with Crippen molar-refractivity contribution in [2.75, 3.05) is 11.9 Å². The summed E-state index contributed by atoms with van der Waals surface area (Å²) in [6.07, 6.45) is 2.81. The van der Waals surface area contributed by atoms with E-state index in [0.29, 0.717) is 46.4 Å². The van der Waals surface area contributed by atoms with Gasteiger partial charge in [0.05, 0.1) is 10.0 Å². The molecule has 3 rings (SSSR count). The lowest BCUT2D eigenvalue weighted by Crippen LogP contribution is -2.50. The molecule has 0 saturated carbocycles. The molecule has 2 heterocycles.